The van der Waals surface area contributed by atoms with E-state index in [2.05, 4.69) is 0 Å². The van der Waals surface area contributed by atoms with Crippen LogP contribution in [0.15, 0.2) is 24.3 Å². The number of ether oxygens (including phenoxy) is 1. The first-order valence-electron chi connectivity index (χ1n) is 6.60. The molecule has 0 unspecified atom stereocenters. The molecule has 0 aliphatic heterocycles. The van der Waals surface area contributed by atoms with Crippen molar-refractivity contribution >= 4 is 17.6 Å². The van der Waals surface area contributed by atoms with E-state index in [0.29, 0.717) is 5.56 Å². The molecular weight excluding hydrogens is 308 g/mol. The van der Waals surface area contributed by atoms with Crippen molar-refractivity contribution in [1.82, 2.24) is 0 Å². The molecule has 0 fully saturated rings. The Morgan fingerprint density at radius 3 is 2.48 bits per heavy atom. The van der Waals surface area contributed by atoms with Gasteiger partial charge >= 0.3 is 0 Å². The van der Waals surface area contributed by atoms with Crippen LogP contribution in [0.2, 0.25) is 0 Å². The molecule has 5 N–H and O–H groups in total. The number of aromatic hydroxyl groups is 1. The van der Waals surface area contributed by atoms with Gasteiger partial charge in [-0.15, -0.1) is 0 Å². The minimum Gasteiger partial charge on any atom is -0.504 e. The second kappa shape index (κ2) is 8.39. The topological polar surface area (TPSA) is 145 Å². The van der Waals surface area contributed by atoms with E-state index in [0.717, 1.165) is 6.08 Å². The van der Waals surface area contributed by atoms with Gasteiger partial charge < -0.3 is 30.3 Å². The van der Waals surface area contributed by atoms with Crippen molar-refractivity contribution in [3.63, 3.8) is 0 Å². The van der Waals surface area contributed by atoms with Gasteiger partial charge in [0, 0.05) is 0 Å². The summed E-state index contributed by atoms with van der Waals surface area (Å²) in [5.74, 6) is -2.35. The first-order valence-corrected chi connectivity index (χ1v) is 6.60. The van der Waals surface area contributed by atoms with Gasteiger partial charge in [0.15, 0.2) is 11.5 Å². The average molecular weight is 326 g/mol. The third-order valence-corrected chi connectivity index (χ3v) is 3.05. The zero-order valence-corrected chi connectivity index (χ0v) is 12.3. The summed E-state index contributed by atoms with van der Waals surface area (Å²) in [6.45, 7) is -0.872. The van der Waals surface area contributed by atoms with E-state index in [1.54, 1.807) is 0 Å². The second-order valence-corrected chi connectivity index (χ2v) is 4.68. The van der Waals surface area contributed by atoms with Crippen molar-refractivity contribution in [3.8, 4) is 11.5 Å². The summed E-state index contributed by atoms with van der Waals surface area (Å²) in [4.78, 5) is 23.3. The number of aliphatic hydroxyl groups excluding tert-OH is 4. The van der Waals surface area contributed by atoms with E-state index >= 15 is 0 Å². The third kappa shape index (κ3) is 4.86. The van der Waals surface area contributed by atoms with Gasteiger partial charge in [-0.2, -0.15) is 0 Å². The maximum atomic E-state index is 11.7. The van der Waals surface area contributed by atoms with Crippen LogP contribution in [0.3, 0.4) is 0 Å². The number of carbonyl (C=O) groups excluding carboxylic acids is 2. The fraction of sp³-hybridized carbons (Fsp3) is 0.333. The van der Waals surface area contributed by atoms with E-state index in [4.69, 9.17) is 14.9 Å². The maximum absolute atomic E-state index is 11.7. The Bertz CT molecular complexity index is 595. The molecule has 8 heteroatoms. The molecule has 1 rings (SSSR count). The highest BCUT2D eigenvalue weighted by Crippen LogP contribution is 2.26. The summed E-state index contributed by atoms with van der Waals surface area (Å²) >= 11 is 0. The van der Waals surface area contributed by atoms with Crippen LogP contribution in [0.4, 0.5) is 0 Å². The number of Topliss-reactive ketones (excluding diaryl/α,β-unsaturated/α-hetero) is 1. The van der Waals surface area contributed by atoms with Gasteiger partial charge in [-0.25, -0.2) is 0 Å². The highest BCUT2D eigenvalue weighted by molar-refractivity contribution is 6.43. The molecule has 0 amide bonds. The molecule has 8 nitrogen and oxygen atoms in total. The molecule has 23 heavy (non-hydrogen) atoms. The summed E-state index contributed by atoms with van der Waals surface area (Å²) in [6, 6.07) is 4.22. The summed E-state index contributed by atoms with van der Waals surface area (Å²) in [5.41, 5.74) is 0.450. The molecule has 0 aliphatic rings. The molecule has 0 saturated heterocycles. The van der Waals surface area contributed by atoms with Crippen molar-refractivity contribution in [1.29, 1.82) is 0 Å². The number of phenolic OH excluding ortho intramolecular Hbond substituents is 1. The van der Waals surface area contributed by atoms with E-state index in [1.165, 1.54) is 31.4 Å². The number of hydrogen-bond acceptors (Lipinski definition) is 8. The van der Waals surface area contributed by atoms with Crippen LogP contribution in [0, 0.1) is 0 Å². The van der Waals surface area contributed by atoms with Gasteiger partial charge in [0.25, 0.3) is 0 Å². The third-order valence-electron chi connectivity index (χ3n) is 3.05. The fourth-order valence-electron chi connectivity index (χ4n) is 1.67. The van der Waals surface area contributed by atoms with E-state index in [1.807, 2.05) is 0 Å². The van der Waals surface area contributed by atoms with E-state index < -0.39 is 36.5 Å². The minimum absolute atomic E-state index is 0.0939. The van der Waals surface area contributed by atoms with Crippen LogP contribution in [0.25, 0.3) is 6.08 Å². The molecule has 0 bridgehead atoms. The molecule has 1 aromatic carbocycles. The van der Waals surface area contributed by atoms with Crippen LogP contribution in [0.1, 0.15) is 5.56 Å². The summed E-state index contributed by atoms with van der Waals surface area (Å²) < 4.78 is 4.89. The number of aliphatic hydroxyl groups is 4. The van der Waals surface area contributed by atoms with Gasteiger partial charge in [0.05, 0.1) is 13.7 Å². The van der Waals surface area contributed by atoms with Gasteiger partial charge in [0.2, 0.25) is 11.6 Å². The Balaban J connectivity index is 2.80. The smallest absolute Gasteiger partial charge is 0.233 e. The molecule has 3 atom stereocenters. The lowest BCUT2D eigenvalue weighted by molar-refractivity contribution is -0.147. The zero-order chi connectivity index (χ0) is 17.6. The number of methoxy groups -OCH3 is 1. The van der Waals surface area contributed by atoms with E-state index in [-0.39, 0.29) is 11.5 Å². The summed E-state index contributed by atoms with van der Waals surface area (Å²) in [7, 11) is 1.35. The second-order valence-electron chi connectivity index (χ2n) is 4.68. The predicted molar refractivity (Wildman–Crippen MR) is 78.8 cm³/mol. The minimum atomic E-state index is -2.15. The Labute approximate surface area is 131 Å². The van der Waals surface area contributed by atoms with Gasteiger partial charge in [-0.05, 0) is 23.8 Å². The highest BCUT2D eigenvalue weighted by Gasteiger charge is 2.32. The number of carbonyl (C=O) groups is 2. The Hall–Kier alpha value is -2.26. The molecule has 126 valence electrons. The lowest BCUT2D eigenvalue weighted by Crippen LogP contribution is -2.45. The number of ketones is 2. The lowest BCUT2D eigenvalue weighted by atomic mass is 10.0. The van der Waals surface area contributed by atoms with Crippen LogP contribution in [0.5, 0.6) is 11.5 Å². The number of hydrogen-bond donors (Lipinski definition) is 5. The van der Waals surface area contributed by atoms with Gasteiger partial charge in [-0.1, -0.05) is 12.1 Å². The Morgan fingerprint density at radius 1 is 1.26 bits per heavy atom. The fourth-order valence-corrected chi connectivity index (χ4v) is 1.67. The average Bonchev–Trinajstić information content (AvgIpc) is 2.57. The van der Waals surface area contributed by atoms with E-state index in [9.17, 15) is 24.9 Å². The van der Waals surface area contributed by atoms with Crippen molar-refractivity contribution in [3.05, 3.63) is 29.8 Å². The van der Waals surface area contributed by atoms with Crippen molar-refractivity contribution in [2.75, 3.05) is 13.7 Å². The number of allylic oxidation sites excluding steroid dienone is 1. The van der Waals surface area contributed by atoms with Crippen molar-refractivity contribution < 1.29 is 39.9 Å². The standard InChI is InChI=1S/C15H18O8/c1-23-12-6-8(2-4-9(12)17)3-5-10(18)13(20)15(22)14(21)11(19)7-16/h2-6,11,14-17,19,21-22H,7H2,1H3/t11-,14-,15-/m1/s1. The normalized spacial score (nSPS) is 15.2. The van der Waals surface area contributed by atoms with Crippen LogP contribution >= 0.6 is 0 Å². The Kier molecular flexibility index (Phi) is 6.86. The summed E-state index contributed by atoms with van der Waals surface area (Å²) in [5, 5.41) is 46.1. The molecule has 0 saturated carbocycles. The molecule has 0 radical (unpaired) electrons. The molecule has 0 aliphatic carbocycles. The molecule has 1 aromatic rings. The monoisotopic (exact) mass is 326 g/mol. The quantitative estimate of drug-likeness (QED) is 0.290. The van der Waals surface area contributed by atoms with Crippen LogP contribution in [-0.4, -0.2) is 69.1 Å². The molecule has 0 spiro atoms. The van der Waals surface area contributed by atoms with Crippen LogP contribution in [-0.2, 0) is 9.59 Å². The van der Waals surface area contributed by atoms with Gasteiger partial charge in [-0.3, -0.25) is 9.59 Å². The predicted octanol–water partition coefficient (Wildman–Crippen LogP) is -1.37. The number of phenols is 1. The zero-order valence-electron chi connectivity index (χ0n) is 12.3. The molecule has 0 heterocycles. The summed E-state index contributed by atoms with van der Waals surface area (Å²) in [6.07, 6.45) is -3.74. The number of benzene rings is 1. The molecule has 0 aromatic heterocycles. The molecular formula is C15H18O8. The number of rotatable bonds is 8. The lowest BCUT2D eigenvalue weighted by Gasteiger charge is -2.19. The first kappa shape index (κ1) is 18.8. The SMILES string of the molecule is COc1cc(C=CC(=O)C(=O)[C@@H](O)[C@H](O)[C@H](O)CO)ccc1O. The largest absolute Gasteiger partial charge is 0.504 e. The van der Waals surface area contributed by atoms with Crippen LogP contribution < -0.4 is 4.74 Å². The Morgan fingerprint density at radius 2 is 1.91 bits per heavy atom. The maximum Gasteiger partial charge on any atom is 0.233 e. The van der Waals surface area contributed by atoms with Crippen molar-refractivity contribution in [2.24, 2.45) is 0 Å². The first-order chi connectivity index (χ1) is 10.8. The van der Waals surface area contributed by atoms with Gasteiger partial charge in [0.1, 0.15) is 18.3 Å². The van der Waals surface area contributed by atoms with Crippen molar-refractivity contribution in [2.45, 2.75) is 18.3 Å². The highest BCUT2D eigenvalue weighted by atomic mass is 16.5.